The molecular formula is C15H16ClNO. The second-order valence-electron chi connectivity index (χ2n) is 4.30. The van der Waals surface area contributed by atoms with Crippen LogP contribution in [0.3, 0.4) is 0 Å². The lowest BCUT2D eigenvalue weighted by Gasteiger charge is -2.13. The van der Waals surface area contributed by atoms with Crippen LogP contribution < -0.4 is 10.5 Å². The zero-order chi connectivity index (χ0) is 13.1. The van der Waals surface area contributed by atoms with Crippen molar-refractivity contribution in [3.8, 4) is 11.5 Å². The molecule has 0 spiro atoms. The van der Waals surface area contributed by atoms with E-state index in [1.54, 1.807) is 6.07 Å². The Balaban J connectivity index is 2.39. The standard InChI is InChI=1S/C15H16ClNO/c1-10-6-7-14(11(2)8-10)18-15-12(9-17)4-3-5-13(15)16/h3-8H,9,17H2,1-2H3. The Morgan fingerprint density at radius 3 is 2.61 bits per heavy atom. The highest BCUT2D eigenvalue weighted by atomic mass is 35.5. The van der Waals surface area contributed by atoms with Crippen molar-refractivity contribution in [3.05, 3.63) is 58.1 Å². The van der Waals surface area contributed by atoms with Crippen LogP contribution in [-0.4, -0.2) is 0 Å². The molecule has 3 heteroatoms. The van der Waals surface area contributed by atoms with Gasteiger partial charge >= 0.3 is 0 Å². The van der Waals surface area contributed by atoms with Crippen molar-refractivity contribution in [2.24, 2.45) is 5.73 Å². The van der Waals surface area contributed by atoms with Crippen molar-refractivity contribution in [1.29, 1.82) is 0 Å². The fraction of sp³-hybridized carbons (Fsp3) is 0.200. The molecule has 0 aromatic heterocycles. The number of hydrogen-bond donors (Lipinski definition) is 1. The van der Waals surface area contributed by atoms with Crippen LogP contribution in [0, 0.1) is 13.8 Å². The fourth-order valence-corrected chi connectivity index (χ4v) is 2.09. The van der Waals surface area contributed by atoms with Crippen LogP contribution >= 0.6 is 11.6 Å². The predicted octanol–water partition coefficient (Wildman–Crippen LogP) is 4.21. The fourth-order valence-electron chi connectivity index (χ4n) is 1.85. The minimum atomic E-state index is 0.404. The molecule has 2 N–H and O–H groups in total. The summed E-state index contributed by atoms with van der Waals surface area (Å²) in [5.41, 5.74) is 8.89. The van der Waals surface area contributed by atoms with E-state index >= 15 is 0 Å². The lowest BCUT2D eigenvalue weighted by molar-refractivity contribution is 0.473. The topological polar surface area (TPSA) is 35.2 Å². The molecule has 18 heavy (non-hydrogen) atoms. The third kappa shape index (κ3) is 2.66. The van der Waals surface area contributed by atoms with E-state index in [4.69, 9.17) is 22.1 Å². The molecule has 2 aromatic carbocycles. The van der Waals surface area contributed by atoms with Gasteiger partial charge in [-0.25, -0.2) is 0 Å². The van der Waals surface area contributed by atoms with E-state index in [0.29, 0.717) is 17.3 Å². The lowest BCUT2D eigenvalue weighted by Crippen LogP contribution is -2.00. The SMILES string of the molecule is Cc1ccc(Oc2c(Cl)cccc2CN)c(C)c1. The third-order valence-corrected chi connectivity index (χ3v) is 3.11. The van der Waals surface area contributed by atoms with Crippen molar-refractivity contribution in [2.75, 3.05) is 0 Å². The first-order chi connectivity index (χ1) is 8.61. The van der Waals surface area contributed by atoms with Crippen molar-refractivity contribution in [2.45, 2.75) is 20.4 Å². The zero-order valence-electron chi connectivity index (χ0n) is 10.5. The summed E-state index contributed by atoms with van der Waals surface area (Å²) in [6.07, 6.45) is 0. The highest BCUT2D eigenvalue weighted by molar-refractivity contribution is 6.32. The highest BCUT2D eigenvalue weighted by Gasteiger charge is 2.09. The van der Waals surface area contributed by atoms with Crippen LogP contribution in [0.25, 0.3) is 0 Å². The number of para-hydroxylation sites is 1. The van der Waals surface area contributed by atoms with Gasteiger partial charge in [-0.3, -0.25) is 0 Å². The molecule has 0 heterocycles. The number of rotatable bonds is 3. The second-order valence-corrected chi connectivity index (χ2v) is 4.71. The van der Waals surface area contributed by atoms with Crippen LogP contribution in [0.4, 0.5) is 0 Å². The van der Waals surface area contributed by atoms with Crippen LogP contribution in [0.5, 0.6) is 11.5 Å². The largest absolute Gasteiger partial charge is 0.455 e. The normalized spacial score (nSPS) is 10.4. The Labute approximate surface area is 112 Å². The maximum Gasteiger partial charge on any atom is 0.150 e. The summed E-state index contributed by atoms with van der Waals surface area (Å²) in [6, 6.07) is 11.6. The number of ether oxygens (including phenoxy) is 1. The number of hydrogen-bond acceptors (Lipinski definition) is 2. The lowest BCUT2D eigenvalue weighted by atomic mass is 10.1. The Bertz CT molecular complexity index is 566. The van der Waals surface area contributed by atoms with Crippen LogP contribution in [0.15, 0.2) is 36.4 Å². The monoisotopic (exact) mass is 261 g/mol. The average Bonchev–Trinajstić information content (AvgIpc) is 2.34. The number of nitrogens with two attached hydrogens (primary N) is 1. The van der Waals surface area contributed by atoms with Crippen molar-refractivity contribution < 1.29 is 4.74 Å². The summed E-state index contributed by atoms with van der Waals surface area (Å²) in [6.45, 7) is 4.47. The molecule has 0 saturated carbocycles. The molecule has 2 aromatic rings. The van der Waals surface area contributed by atoms with Gasteiger partial charge in [-0.05, 0) is 31.5 Å². The highest BCUT2D eigenvalue weighted by Crippen LogP contribution is 2.34. The van der Waals surface area contributed by atoms with Crippen molar-refractivity contribution in [1.82, 2.24) is 0 Å². The molecule has 0 amide bonds. The number of halogens is 1. The molecule has 0 aliphatic carbocycles. The summed E-state index contributed by atoms with van der Waals surface area (Å²) in [5.74, 6) is 1.46. The Morgan fingerprint density at radius 2 is 1.94 bits per heavy atom. The van der Waals surface area contributed by atoms with Gasteiger partial charge in [0.05, 0.1) is 5.02 Å². The maximum absolute atomic E-state index is 6.16. The maximum atomic E-state index is 6.16. The first-order valence-corrected chi connectivity index (χ1v) is 6.22. The second kappa shape index (κ2) is 5.42. The molecule has 0 aliphatic heterocycles. The summed E-state index contributed by atoms with van der Waals surface area (Å²) in [5, 5.41) is 0.581. The van der Waals surface area contributed by atoms with Gasteiger partial charge in [0.2, 0.25) is 0 Å². The summed E-state index contributed by atoms with van der Waals surface area (Å²) in [7, 11) is 0. The van der Waals surface area contributed by atoms with E-state index in [1.165, 1.54) is 5.56 Å². The van der Waals surface area contributed by atoms with Gasteiger partial charge in [0, 0.05) is 12.1 Å². The van der Waals surface area contributed by atoms with E-state index in [1.807, 2.05) is 31.2 Å². The molecule has 2 rings (SSSR count). The molecule has 0 bridgehead atoms. The van der Waals surface area contributed by atoms with Crippen LogP contribution in [0.1, 0.15) is 16.7 Å². The van der Waals surface area contributed by atoms with Gasteiger partial charge in [-0.1, -0.05) is 41.4 Å². The molecular weight excluding hydrogens is 246 g/mol. The molecule has 0 aliphatic rings. The predicted molar refractivity (Wildman–Crippen MR) is 75.3 cm³/mol. The number of aryl methyl sites for hydroxylation is 2. The van der Waals surface area contributed by atoms with Crippen LogP contribution in [0.2, 0.25) is 5.02 Å². The average molecular weight is 262 g/mol. The first kappa shape index (κ1) is 12.9. The van der Waals surface area contributed by atoms with E-state index in [9.17, 15) is 0 Å². The first-order valence-electron chi connectivity index (χ1n) is 5.84. The molecule has 0 saturated heterocycles. The molecule has 0 atom stereocenters. The molecule has 0 unspecified atom stereocenters. The van der Waals surface area contributed by atoms with E-state index in [2.05, 4.69) is 13.0 Å². The Hall–Kier alpha value is -1.51. The smallest absolute Gasteiger partial charge is 0.150 e. The van der Waals surface area contributed by atoms with E-state index in [-0.39, 0.29) is 0 Å². The number of benzene rings is 2. The van der Waals surface area contributed by atoms with Gasteiger partial charge in [0.1, 0.15) is 11.5 Å². The van der Waals surface area contributed by atoms with E-state index < -0.39 is 0 Å². The molecule has 94 valence electrons. The molecule has 0 radical (unpaired) electrons. The van der Waals surface area contributed by atoms with E-state index in [0.717, 1.165) is 16.9 Å². The summed E-state index contributed by atoms with van der Waals surface area (Å²) < 4.78 is 5.90. The van der Waals surface area contributed by atoms with Gasteiger partial charge in [0.25, 0.3) is 0 Å². The van der Waals surface area contributed by atoms with Gasteiger partial charge in [-0.2, -0.15) is 0 Å². The Kier molecular flexibility index (Phi) is 3.90. The molecule has 2 nitrogen and oxygen atoms in total. The summed E-state index contributed by atoms with van der Waals surface area (Å²) in [4.78, 5) is 0. The van der Waals surface area contributed by atoms with Crippen molar-refractivity contribution in [3.63, 3.8) is 0 Å². The third-order valence-electron chi connectivity index (χ3n) is 2.81. The van der Waals surface area contributed by atoms with Gasteiger partial charge in [-0.15, -0.1) is 0 Å². The quantitative estimate of drug-likeness (QED) is 0.898. The minimum absolute atomic E-state index is 0.404. The molecule has 0 fully saturated rings. The van der Waals surface area contributed by atoms with Gasteiger partial charge in [0.15, 0.2) is 0 Å². The Morgan fingerprint density at radius 1 is 1.17 bits per heavy atom. The minimum Gasteiger partial charge on any atom is -0.455 e. The van der Waals surface area contributed by atoms with Crippen molar-refractivity contribution >= 4 is 11.6 Å². The van der Waals surface area contributed by atoms with Gasteiger partial charge < -0.3 is 10.5 Å². The summed E-state index contributed by atoms with van der Waals surface area (Å²) >= 11 is 6.16. The zero-order valence-corrected chi connectivity index (χ0v) is 11.3. The van der Waals surface area contributed by atoms with Crippen LogP contribution in [-0.2, 0) is 6.54 Å².